The maximum atomic E-state index is 9.20. The molecule has 6 aromatic rings. The van der Waals surface area contributed by atoms with Crippen LogP contribution in [-0.4, -0.2) is 46.9 Å². The monoisotopic (exact) mass is 814 g/mol. The first-order chi connectivity index (χ1) is 23.7. The molecule has 0 unspecified atom stereocenters. The van der Waals surface area contributed by atoms with Gasteiger partial charge in [0.2, 0.25) is 0 Å². The summed E-state index contributed by atoms with van der Waals surface area (Å²) >= 11 is 0. The Morgan fingerprint density at radius 3 is 0.725 bits per heavy atom. The Morgan fingerprint density at radius 1 is 0.353 bits per heavy atom. The smallest absolute Gasteiger partial charge is 0.396 e. The fourth-order valence-corrected chi connectivity index (χ4v) is 6.68. The molecule has 0 heterocycles. The minimum Gasteiger partial charge on any atom is -0.396 e. The standard InChI is InChI=1S/2C17H22O2.2C5H5.3Fe/c2*18-13-5-11-17(12-6-14-19,15-7-1-2-8-15)16-9-3-4-10-16;2*1-2-4-5-3-1;;;/h2*1-4,7-10,18-19H,5-6,11-14H2;2*1-5H;;;/q2*-2;2*-1;3*+2. The third-order valence-electron chi connectivity index (χ3n) is 9.02. The first-order valence-electron chi connectivity index (χ1n) is 17.3. The topological polar surface area (TPSA) is 80.9 Å². The molecule has 0 spiro atoms. The van der Waals surface area contributed by atoms with Gasteiger partial charge in [-0.3, -0.25) is 0 Å². The van der Waals surface area contributed by atoms with Crippen LogP contribution in [-0.2, 0) is 62.0 Å². The van der Waals surface area contributed by atoms with Crippen LogP contribution >= 0.6 is 0 Å². The van der Waals surface area contributed by atoms with E-state index in [0.29, 0.717) is 0 Å². The van der Waals surface area contributed by atoms with Gasteiger partial charge < -0.3 is 20.4 Å². The molecule has 4 N–H and O–H groups in total. The summed E-state index contributed by atoms with van der Waals surface area (Å²) in [5, 5.41) is 36.8. The van der Waals surface area contributed by atoms with Crippen LogP contribution in [0.3, 0.4) is 0 Å². The molecule has 7 heteroatoms. The molecule has 51 heavy (non-hydrogen) atoms. The van der Waals surface area contributed by atoms with Crippen LogP contribution in [0.25, 0.3) is 0 Å². The van der Waals surface area contributed by atoms with E-state index >= 15 is 0 Å². The van der Waals surface area contributed by atoms with E-state index in [1.54, 1.807) is 0 Å². The van der Waals surface area contributed by atoms with Crippen LogP contribution in [0.4, 0.5) is 0 Å². The molecule has 4 nitrogen and oxygen atoms in total. The SMILES string of the molecule is OCCCC(CCCO)(c1ccc[cH-]1)c1ccc[cH-]1.OCCCC(CCCO)(c1ccc[cH-]1)c1ccc[cH-]1.[Fe+2].[Fe+2].[Fe+2].c1cc[cH-]c1.c1cc[cH-]c1. The van der Waals surface area contributed by atoms with Gasteiger partial charge in [-0.1, -0.05) is 0 Å². The molecular weight excluding hydrogens is 760 g/mol. The minimum absolute atomic E-state index is 0. The molecule has 278 valence electrons. The van der Waals surface area contributed by atoms with E-state index in [-0.39, 0.29) is 88.5 Å². The van der Waals surface area contributed by atoms with E-state index in [0.717, 1.165) is 51.4 Å². The summed E-state index contributed by atoms with van der Waals surface area (Å²) in [6, 6.07) is 53.7. The molecule has 0 fully saturated rings. The Labute approximate surface area is 338 Å². The molecule has 0 aliphatic carbocycles. The van der Waals surface area contributed by atoms with Gasteiger partial charge >= 0.3 is 51.2 Å². The Kier molecular flexibility index (Phi) is 27.6. The zero-order valence-electron chi connectivity index (χ0n) is 29.3. The van der Waals surface area contributed by atoms with Crippen molar-refractivity contribution in [2.75, 3.05) is 26.4 Å². The minimum atomic E-state index is -0.0710. The molecule has 0 bridgehead atoms. The van der Waals surface area contributed by atoms with Crippen molar-refractivity contribution in [3.63, 3.8) is 0 Å². The summed E-state index contributed by atoms with van der Waals surface area (Å²) in [4.78, 5) is 0. The fourth-order valence-electron chi connectivity index (χ4n) is 6.68. The van der Waals surface area contributed by atoms with Crippen LogP contribution in [0, 0.1) is 0 Å². The first-order valence-corrected chi connectivity index (χ1v) is 17.3. The molecule has 0 amide bonds. The maximum absolute atomic E-state index is 9.20. The van der Waals surface area contributed by atoms with Gasteiger partial charge in [-0.25, -0.2) is 72.8 Å². The van der Waals surface area contributed by atoms with Gasteiger partial charge in [0.15, 0.2) is 0 Å². The molecule has 0 saturated carbocycles. The molecule has 0 aromatic heterocycles. The summed E-state index contributed by atoms with van der Waals surface area (Å²) in [6.07, 6.45) is 6.78. The fraction of sp³-hybridized carbons (Fsp3) is 0.318. The maximum Gasteiger partial charge on any atom is 2.00 e. The van der Waals surface area contributed by atoms with Gasteiger partial charge in [0.25, 0.3) is 0 Å². The first kappa shape index (κ1) is 48.5. The number of hydrogen-bond acceptors (Lipinski definition) is 4. The molecule has 0 saturated heterocycles. The van der Waals surface area contributed by atoms with Crippen molar-refractivity contribution < 1.29 is 71.6 Å². The van der Waals surface area contributed by atoms with Crippen LogP contribution in [0.5, 0.6) is 0 Å². The zero-order chi connectivity index (χ0) is 34.2. The van der Waals surface area contributed by atoms with E-state index in [4.69, 9.17) is 0 Å². The summed E-state index contributed by atoms with van der Waals surface area (Å²) < 4.78 is 0. The number of aliphatic hydroxyl groups excluding tert-OH is 4. The second kappa shape index (κ2) is 29.0. The van der Waals surface area contributed by atoms with E-state index in [2.05, 4.69) is 97.1 Å². The quantitative estimate of drug-likeness (QED) is 0.0583. The van der Waals surface area contributed by atoms with E-state index in [1.807, 2.05) is 60.7 Å². The molecule has 0 aliphatic heterocycles. The van der Waals surface area contributed by atoms with Crippen molar-refractivity contribution in [2.24, 2.45) is 0 Å². The summed E-state index contributed by atoms with van der Waals surface area (Å²) in [6.45, 7) is 0.842. The number of aliphatic hydroxyl groups is 4. The van der Waals surface area contributed by atoms with E-state index in [1.165, 1.54) is 22.3 Å². The Bertz CT molecular complexity index is 1210. The van der Waals surface area contributed by atoms with Crippen LogP contribution < -0.4 is 0 Å². The third kappa shape index (κ3) is 15.6. The molecular formula is C44H54Fe3O4. The molecule has 6 aromatic carbocycles. The second-order valence-corrected chi connectivity index (χ2v) is 12.1. The van der Waals surface area contributed by atoms with Gasteiger partial charge in [0.05, 0.1) is 0 Å². The third-order valence-corrected chi connectivity index (χ3v) is 9.02. The average molecular weight is 814 g/mol. The average Bonchev–Trinajstić information content (AvgIpc) is 3.98. The van der Waals surface area contributed by atoms with Gasteiger partial charge in [-0.05, 0) is 62.2 Å². The number of rotatable bonds is 16. The van der Waals surface area contributed by atoms with Gasteiger partial charge in [-0.2, -0.15) is 107 Å². The van der Waals surface area contributed by atoms with Crippen molar-refractivity contribution in [1.29, 1.82) is 0 Å². The van der Waals surface area contributed by atoms with Gasteiger partial charge in [0.1, 0.15) is 0 Å². The predicted molar refractivity (Wildman–Crippen MR) is 199 cm³/mol. The van der Waals surface area contributed by atoms with Crippen molar-refractivity contribution in [1.82, 2.24) is 0 Å². The largest absolute Gasteiger partial charge is 2.00 e. The predicted octanol–water partition coefficient (Wildman–Crippen LogP) is 8.71. The van der Waals surface area contributed by atoms with Gasteiger partial charge in [-0.15, -0.1) is 0 Å². The zero-order valence-corrected chi connectivity index (χ0v) is 32.7. The summed E-state index contributed by atoms with van der Waals surface area (Å²) in [5.74, 6) is 0. The van der Waals surface area contributed by atoms with E-state index in [9.17, 15) is 20.4 Å². The molecule has 6 rings (SSSR count). The van der Waals surface area contributed by atoms with Crippen molar-refractivity contribution >= 4 is 0 Å². The van der Waals surface area contributed by atoms with E-state index < -0.39 is 0 Å². The molecule has 0 aliphatic rings. The van der Waals surface area contributed by atoms with Gasteiger partial charge in [0, 0.05) is 26.4 Å². The van der Waals surface area contributed by atoms with Crippen molar-refractivity contribution in [3.8, 4) is 0 Å². The Balaban J connectivity index is 0.000000734. The number of hydrogen-bond donors (Lipinski definition) is 4. The van der Waals surface area contributed by atoms with Crippen LogP contribution in [0.15, 0.2) is 158 Å². The van der Waals surface area contributed by atoms with Crippen molar-refractivity contribution in [3.05, 3.63) is 180 Å². The molecule has 0 radical (unpaired) electrons. The summed E-state index contributed by atoms with van der Waals surface area (Å²) in [7, 11) is 0. The Morgan fingerprint density at radius 2 is 0.588 bits per heavy atom. The second-order valence-electron chi connectivity index (χ2n) is 12.1. The molecule has 0 atom stereocenters. The van der Waals surface area contributed by atoms with Crippen LogP contribution in [0.1, 0.15) is 73.6 Å². The Hall–Kier alpha value is -2.50. The van der Waals surface area contributed by atoms with Crippen molar-refractivity contribution in [2.45, 2.75) is 62.2 Å². The summed E-state index contributed by atoms with van der Waals surface area (Å²) in [5.41, 5.74) is 5.03. The normalized spacial score (nSPS) is 10.4. The van der Waals surface area contributed by atoms with Crippen LogP contribution in [0.2, 0.25) is 0 Å².